The zero-order valence-electron chi connectivity index (χ0n) is 26.8. The molecule has 0 saturated carbocycles. The Morgan fingerprint density at radius 2 is 1.04 bits per heavy atom. The summed E-state index contributed by atoms with van der Waals surface area (Å²) in [5.41, 5.74) is 8.62. The van der Waals surface area contributed by atoms with Crippen LogP contribution in [0.2, 0.25) is 0 Å². The maximum atomic E-state index is 10.4. The van der Waals surface area contributed by atoms with Crippen molar-refractivity contribution in [3.8, 4) is 46.1 Å². The molecule has 10 aromatic rings. The van der Waals surface area contributed by atoms with Crippen LogP contribution in [0.15, 0.2) is 133 Å². The number of rotatable bonds is 3. The lowest BCUT2D eigenvalue weighted by atomic mass is 9.97. The molecule has 0 N–H and O–H groups in total. The molecule has 0 amide bonds. The number of hydrogen-bond acceptors (Lipinski definition) is 5. The van der Waals surface area contributed by atoms with E-state index in [2.05, 4.69) is 89.5 Å². The topological polar surface area (TPSA) is 76.3 Å². The summed E-state index contributed by atoms with van der Waals surface area (Å²) in [5, 5.41) is 36.7. The number of hydrogen-bond donors (Lipinski definition) is 0. The molecular formula is C45H22N4S2. The second kappa shape index (κ2) is 11.1. The molecule has 6 heteroatoms. The van der Waals surface area contributed by atoms with E-state index in [1.807, 2.05) is 89.4 Å². The second-order valence-corrected chi connectivity index (χ2v) is 14.7. The van der Waals surface area contributed by atoms with Crippen molar-refractivity contribution in [1.29, 1.82) is 15.8 Å². The lowest BCUT2D eigenvalue weighted by Gasteiger charge is -2.16. The Balaban J connectivity index is 1.18. The van der Waals surface area contributed by atoms with E-state index in [1.165, 1.54) is 40.3 Å². The summed E-state index contributed by atoms with van der Waals surface area (Å²) in [6.45, 7) is 0. The molecule has 234 valence electrons. The predicted molar refractivity (Wildman–Crippen MR) is 212 cm³/mol. The molecule has 51 heavy (non-hydrogen) atoms. The van der Waals surface area contributed by atoms with Gasteiger partial charge in [0.25, 0.3) is 0 Å². The molecule has 0 saturated heterocycles. The van der Waals surface area contributed by atoms with E-state index < -0.39 is 0 Å². The highest BCUT2D eigenvalue weighted by Gasteiger charge is 2.20. The molecule has 0 radical (unpaired) electrons. The summed E-state index contributed by atoms with van der Waals surface area (Å²) < 4.78 is 7.15. The number of fused-ring (bicyclic) bond motifs is 10. The highest BCUT2D eigenvalue weighted by atomic mass is 32.1. The van der Waals surface area contributed by atoms with Gasteiger partial charge in [-0.05, 0) is 77.4 Å². The first-order valence-corrected chi connectivity index (χ1v) is 18.1. The number of para-hydroxylation sites is 2. The van der Waals surface area contributed by atoms with Gasteiger partial charge in [-0.25, -0.2) is 0 Å². The summed E-state index contributed by atoms with van der Waals surface area (Å²) in [5.74, 6) is 0. The van der Waals surface area contributed by atoms with E-state index in [0.717, 1.165) is 49.7 Å². The molecule has 0 spiro atoms. The average molecular weight is 683 g/mol. The predicted octanol–water partition coefficient (Wildman–Crippen LogP) is 12.5. The molecule has 0 aliphatic heterocycles. The minimum Gasteiger partial charge on any atom is -0.307 e. The fourth-order valence-electron chi connectivity index (χ4n) is 7.63. The average Bonchev–Trinajstić information content (AvgIpc) is 3.86. The Bertz CT molecular complexity index is 3250. The Hall–Kier alpha value is -6.75. The molecular weight excluding hydrogens is 661 g/mol. The van der Waals surface area contributed by atoms with E-state index in [1.54, 1.807) is 0 Å². The SMILES string of the molecule is N#Cc1ccc2c(c1)c1ccccc1n2-c1c(C#N)cccc1-c1ccc2sc3c(ccc4c5cc(-c6ccccc6C#N)ccc5sc43)c2c1. The van der Waals surface area contributed by atoms with E-state index in [9.17, 15) is 15.8 Å². The summed E-state index contributed by atoms with van der Waals surface area (Å²) in [7, 11) is 0. The highest BCUT2D eigenvalue weighted by molar-refractivity contribution is 7.33. The van der Waals surface area contributed by atoms with Gasteiger partial charge in [-0.1, -0.05) is 72.8 Å². The van der Waals surface area contributed by atoms with Gasteiger partial charge in [-0.2, -0.15) is 15.8 Å². The Kier molecular flexibility index (Phi) is 6.38. The molecule has 3 heterocycles. The standard InChI is InChI=1S/C45H22N4S2/c46-23-26-12-17-40-36(20-26)33-9-3-4-11-39(33)49(40)43-30(25-48)7-5-10-32(43)28-14-19-42-38(22-28)35-16-15-34-37-21-27(31-8-2-1-6-29(31)24-47)13-18-41(37)50-44(34)45(35)51-42/h1-22H. The van der Waals surface area contributed by atoms with Crippen LogP contribution >= 0.6 is 22.7 Å². The van der Waals surface area contributed by atoms with Crippen molar-refractivity contribution in [3.63, 3.8) is 0 Å². The highest BCUT2D eigenvalue weighted by Crippen LogP contribution is 2.47. The van der Waals surface area contributed by atoms with Crippen LogP contribution in [0.1, 0.15) is 16.7 Å². The summed E-state index contributed by atoms with van der Waals surface area (Å²) in [6, 6.07) is 52.4. The van der Waals surface area contributed by atoms with E-state index in [-0.39, 0.29) is 0 Å². The van der Waals surface area contributed by atoms with E-state index in [4.69, 9.17) is 0 Å². The largest absolute Gasteiger partial charge is 0.307 e. The summed E-state index contributed by atoms with van der Waals surface area (Å²) in [6.07, 6.45) is 0. The molecule has 0 aliphatic rings. The van der Waals surface area contributed by atoms with Crippen LogP contribution in [0, 0.1) is 34.0 Å². The van der Waals surface area contributed by atoms with Gasteiger partial charge in [-0.15, -0.1) is 22.7 Å². The zero-order valence-corrected chi connectivity index (χ0v) is 28.4. The molecule has 4 nitrogen and oxygen atoms in total. The van der Waals surface area contributed by atoms with Gasteiger partial charge in [0.1, 0.15) is 6.07 Å². The van der Waals surface area contributed by atoms with Gasteiger partial charge in [0.15, 0.2) is 0 Å². The lowest BCUT2D eigenvalue weighted by Crippen LogP contribution is -2.00. The Morgan fingerprint density at radius 3 is 1.75 bits per heavy atom. The lowest BCUT2D eigenvalue weighted by molar-refractivity contribution is 1.17. The van der Waals surface area contributed by atoms with Crippen molar-refractivity contribution >= 4 is 84.8 Å². The van der Waals surface area contributed by atoms with Gasteiger partial charge in [0, 0.05) is 47.3 Å². The smallest absolute Gasteiger partial charge is 0.101 e. The van der Waals surface area contributed by atoms with Crippen LogP contribution in [-0.4, -0.2) is 4.57 Å². The minimum absolute atomic E-state index is 0.582. The number of nitrogens with zero attached hydrogens (tertiary/aromatic N) is 4. The molecule has 0 fully saturated rings. The van der Waals surface area contributed by atoms with Crippen molar-refractivity contribution in [1.82, 2.24) is 4.57 Å². The first kappa shape index (κ1) is 29.2. The third-order valence-corrected chi connectivity index (χ3v) is 12.5. The van der Waals surface area contributed by atoms with Crippen molar-refractivity contribution in [2.75, 3.05) is 0 Å². The van der Waals surface area contributed by atoms with Crippen molar-refractivity contribution < 1.29 is 0 Å². The van der Waals surface area contributed by atoms with Gasteiger partial charge in [-0.3, -0.25) is 0 Å². The van der Waals surface area contributed by atoms with Crippen LogP contribution in [0.25, 0.3) is 90.1 Å². The third kappa shape index (κ3) is 4.27. The van der Waals surface area contributed by atoms with Crippen LogP contribution in [0.4, 0.5) is 0 Å². The monoisotopic (exact) mass is 682 g/mol. The van der Waals surface area contributed by atoms with Crippen molar-refractivity contribution in [2.24, 2.45) is 0 Å². The molecule has 0 unspecified atom stereocenters. The van der Waals surface area contributed by atoms with Crippen LogP contribution < -0.4 is 0 Å². The van der Waals surface area contributed by atoms with E-state index >= 15 is 0 Å². The zero-order chi connectivity index (χ0) is 34.2. The minimum atomic E-state index is 0.582. The molecule has 7 aromatic carbocycles. The van der Waals surface area contributed by atoms with Crippen molar-refractivity contribution in [2.45, 2.75) is 0 Å². The normalized spacial score (nSPS) is 11.5. The first-order valence-electron chi connectivity index (χ1n) is 16.4. The maximum Gasteiger partial charge on any atom is 0.101 e. The number of thiophene rings is 2. The quantitative estimate of drug-likeness (QED) is 0.186. The summed E-state index contributed by atoms with van der Waals surface area (Å²) in [4.78, 5) is 0. The van der Waals surface area contributed by atoms with Crippen LogP contribution in [0.3, 0.4) is 0 Å². The number of nitriles is 3. The molecule has 0 aliphatic carbocycles. The number of benzene rings is 7. The van der Waals surface area contributed by atoms with Crippen molar-refractivity contribution in [3.05, 3.63) is 150 Å². The Morgan fingerprint density at radius 1 is 0.431 bits per heavy atom. The van der Waals surface area contributed by atoms with Gasteiger partial charge >= 0.3 is 0 Å². The first-order chi connectivity index (χ1) is 25.1. The van der Waals surface area contributed by atoms with Crippen LogP contribution in [0.5, 0.6) is 0 Å². The fourth-order valence-corrected chi connectivity index (χ4v) is 10.1. The van der Waals surface area contributed by atoms with Gasteiger partial charge in [0.05, 0.1) is 54.9 Å². The van der Waals surface area contributed by atoms with Gasteiger partial charge < -0.3 is 4.57 Å². The number of aromatic nitrogens is 1. The fraction of sp³-hybridized carbons (Fsp3) is 0. The molecule has 3 aromatic heterocycles. The molecule has 10 rings (SSSR count). The second-order valence-electron chi connectivity index (χ2n) is 12.6. The van der Waals surface area contributed by atoms with E-state index in [0.29, 0.717) is 16.7 Å². The van der Waals surface area contributed by atoms with Gasteiger partial charge in [0.2, 0.25) is 0 Å². The molecule has 0 atom stereocenters. The molecule has 0 bridgehead atoms. The maximum absolute atomic E-state index is 10.4. The summed E-state index contributed by atoms with van der Waals surface area (Å²) >= 11 is 3.63. The third-order valence-electron chi connectivity index (χ3n) is 9.93. The Labute approximate surface area is 300 Å². The van der Waals surface area contributed by atoms with Crippen LogP contribution in [-0.2, 0) is 0 Å².